The SMILES string of the molecule is Cn1cnc(S(=O)(=O)N2C[C@@H](O)COC[C@H]3O[C@H](CC(=O)NCc4cccc(F)c4)CC[C@@H]32)c1. The average Bonchev–Trinajstić information content (AvgIpc) is 3.22. The van der Waals surface area contributed by atoms with Crippen LogP contribution in [-0.2, 0) is 37.9 Å². The van der Waals surface area contributed by atoms with E-state index in [9.17, 15) is 22.7 Å². The van der Waals surface area contributed by atoms with Crippen molar-refractivity contribution in [1.82, 2.24) is 19.2 Å². The predicted octanol–water partition coefficient (Wildman–Crippen LogP) is 0.564. The summed E-state index contributed by atoms with van der Waals surface area (Å²) in [5.41, 5.74) is 0.653. The van der Waals surface area contributed by atoms with Gasteiger partial charge in [0.05, 0.1) is 50.3 Å². The second kappa shape index (κ2) is 10.5. The molecule has 1 aromatic carbocycles. The van der Waals surface area contributed by atoms with Crippen molar-refractivity contribution < 1.29 is 32.2 Å². The van der Waals surface area contributed by atoms with Gasteiger partial charge in [-0.05, 0) is 30.5 Å². The molecule has 0 saturated carbocycles. The van der Waals surface area contributed by atoms with Gasteiger partial charge < -0.3 is 24.5 Å². The lowest BCUT2D eigenvalue weighted by Gasteiger charge is -2.43. The van der Waals surface area contributed by atoms with E-state index in [-0.39, 0.29) is 49.5 Å². The predicted molar refractivity (Wildman–Crippen MR) is 118 cm³/mol. The van der Waals surface area contributed by atoms with Crippen LogP contribution in [0.3, 0.4) is 0 Å². The number of imidazole rings is 1. The first-order chi connectivity index (χ1) is 16.2. The number of benzene rings is 1. The van der Waals surface area contributed by atoms with E-state index >= 15 is 0 Å². The molecule has 4 rings (SSSR count). The second-order valence-corrected chi connectivity index (χ2v) is 10.5. The zero-order valence-electron chi connectivity index (χ0n) is 18.8. The molecule has 0 bridgehead atoms. The molecule has 0 unspecified atom stereocenters. The fourth-order valence-corrected chi connectivity index (χ4v) is 6.03. The number of amides is 1. The smallest absolute Gasteiger partial charge is 0.262 e. The molecular weight excluding hydrogens is 467 g/mol. The van der Waals surface area contributed by atoms with Crippen molar-refractivity contribution in [1.29, 1.82) is 0 Å². The Bertz CT molecular complexity index is 1110. The Kier molecular flexibility index (Phi) is 7.63. The van der Waals surface area contributed by atoms with Crippen LogP contribution in [0.15, 0.2) is 41.8 Å². The number of hydrogen-bond acceptors (Lipinski definition) is 7. The first-order valence-electron chi connectivity index (χ1n) is 11.1. The largest absolute Gasteiger partial charge is 0.389 e. The van der Waals surface area contributed by atoms with E-state index in [4.69, 9.17) is 9.47 Å². The molecule has 0 aliphatic carbocycles. The van der Waals surface area contributed by atoms with E-state index in [0.29, 0.717) is 18.4 Å². The highest BCUT2D eigenvalue weighted by atomic mass is 32.2. The topological polar surface area (TPSA) is 123 Å². The number of halogens is 1. The van der Waals surface area contributed by atoms with Crippen LogP contribution in [0, 0.1) is 5.82 Å². The molecule has 2 N–H and O–H groups in total. The highest BCUT2D eigenvalue weighted by Gasteiger charge is 2.43. The van der Waals surface area contributed by atoms with Gasteiger partial charge in [-0.1, -0.05) is 12.1 Å². The number of ether oxygens (including phenoxy) is 2. The number of carbonyl (C=O) groups excluding carboxylic acids is 1. The number of nitrogens with zero attached hydrogens (tertiary/aromatic N) is 3. The molecule has 186 valence electrons. The molecule has 0 radical (unpaired) electrons. The van der Waals surface area contributed by atoms with Gasteiger partial charge in [0.2, 0.25) is 5.91 Å². The first kappa shape index (κ1) is 24.7. The summed E-state index contributed by atoms with van der Waals surface area (Å²) >= 11 is 0. The summed E-state index contributed by atoms with van der Waals surface area (Å²) in [5, 5.41) is 12.9. The van der Waals surface area contributed by atoms with Gasteiger partial charge in [-0.25, -0.2) is 17.8 Å². The summed E-state index contributed by atoms with van der Waals surface area (Å²) in [4.78, 5) is 16.4. The minimum Gasteiger partial charge on any atom is -0.389 e. The number of β-amino-alcohol motifs (C(OH)–C–C–N with tert-alkyl or cyclic N) is 1. The summed E-state index contributed by atoms with van der Waals surface area (Å²) < 4.78 is 54.4. The third-order valence-electron chi connectivity index (χ3n) is 5.98. The van der Waals surface area contributed by atoms with Crippen molar-refractivity contribution in [2.45, 2.75) is 55.2 Å². The van der Waals surface area contributed by atoms with Crippen LogP contribution in [0.25, 0.3) is 0 Å². The number of aromatic nitrogens is 2. The Labute approximate surface area is 197 Å². The normalized spacial score (nSPS) is 26.3. The quantitative estimate of drug-likeness (QED) is 0.599. The van der Waals surface area contributed by atoms with Crippen LogP contribution >= 0.6 is 0 Å². The summed E-state index contributed by atoms with van der Waals surface area (Å²) in [6.07, 6.45) is 1.82. The summed E-state index contributed by atoms with van der Waals surface area (Å²) in [6.45, 7) is 0.131. The van der Waals surface area contributed by atoms with E-state index in [1.807, 2.05) is 0 Å². The molecule has 2 aromatic rings. The minimum absolute atomic E-state index is 0.0282. The summed E-state index contributed by atoms with van der Waals surface area (Å²) in [5.74, 6) is -0.610. The van der Waals surface area contributed by atoms with Crippen LogP contribution in [0.5, 0.6) is 0 Å². The minimum atomic E-state index is -3.97. The number of aliphatic hydroxyl groups excluding tert-OH is 1. The first-order valence-corrected chi connectivity index (χ1v) is 12.6. The maximum Gasteiger partial charge on any atom is 0.262 e. The van der Waals surface area contributed by atoms with E-state index in [1.54, 1.807) is 23.7 Å². The number of rotatable bonds is 6. The van der Waals surface area contributed by atoms with Gasteiger partial charge >= 0.3 is 0 Å². The van der Waals surface area contributed by atoms with Crippen molar-refractivity contribution >= 4 is 15.9 Å². The van der Waals surface area contributed by atoms with Crippen LogP contribution in [0.4, 0.5) is 4.39 Å². The molecule has 2 fully saturated rings. The van der Waals surface area contributed by atoms with Crippen LogP contribution in [0.2, 0.25) is 0 Å². The van der Waals surface area contributed by atoms with Gasteiger partial charge in [0, 0.05) is 26.3 Å². The van der Waals surface area contributed by atoms with Crippen molar-refractivity contribution in [3.63, 3.8) is 0 Å². The lowest BCUT2D eigenvalue weighted by atomic mass is 9.96. The Morgan fingerprint density at radius 2 is 2.15 bits per heavy atom. The number of hydrogen-bond donors (Lipinski definition) is 2. The fraction of sp³-hybridized carbons (Fsp3) is 0.545. The third-order valence-corrected chi connectivity index (χ3v) is 7.76. The maximum absolute atomic E-state index is 13.3. The van der Waals surface area contributed by atoms with Crippen molar-refractivity contribution in [3.8, 4) is 0 Å². The Morgan fingerprint density at radius 1 is 1.32 bits per heavy atom. The molecule has 2 saturated heterocycles. The summed E-state index contributed by atoms with van der Waals surface area (Å²) in [6, 6.07) is 5.44. The lowest BCUT2D eigenvalue weighted by molar-refractivity contribution is -0.146. The van der Waals surface area contributed by atoms with Gasteiger partial charge in [-0.3, -0.25) is 4.79 Å². The van der Waals surface area contributed by atoms with Crippen molar-refractivity contribution in [3.05, 3.63) is 48.2 Å². The monoisotopic (exact) mass is 496 g/mol. The van der Waals surface area contributed by atoms with E-state index < -0.39 is 34.4 Å². The lowest BCUT2D eigenvalue weighted by Crippen LogP contribution is -2.57. The molecule has 1 aromatic heterocycles. The molecule has 34 heavy (non-hydrogen) atoms. The number of nitrogens with one attached hydrogen (secondary N) is 1. The van der Waals surface area contributed by atoms with Gasteiger partial charge in [0.1, 0.15) is 5.82 Å². The van der Waals surface area contributed by atoms with Crippen LogP contribution in [-0.4, -0.2) is 77.4 Å². The number of aryl methyl sites for hydroxylation is 1. The van der Waals surface area contributed by atoms with E-state index in [1.165, 1.54) is 29.0 Å². The second-order valence-electron chi connectivity index (χ2n) is 8.70. The van der Waals surface area contributed by atoms with Crippen molar-refractivity contribution in [2.75, 3.05) is 19.8 Å². The molecule has 10 nitrogen and oxygen atoms in total. The fourth-order valence-electron chi connectivity index (χ4n) is 4.34. The number of sulfonamides is 1. The molecule has 0 spiro atoms. The molecular formula is C22H29FN4O6S. The Balaban J connectivity index is 1.41. The number of aliphatic hydroxyl groups is 1. The zero-order valence-corrected chi connectivity index (χ0v) is 19.7. The molecule has 3 heterocycles. The number of fused-ring (bicyclic) bond motifs is 1. The molecule has 2 aliphatic rings. The zero-order chi connectivity index (χ0) is 24.3. The Morgan fingerprint density at radius 3 is 2.88 bits per heavy atom. The van der Waals surface area contributed by atoms with Crippen LogP contribution < -0.4 is 5.32 Å². The van der Waals surface area contributed by atoms with Gasteiger partial charge in [-0.15, -0.1) is 0 Å². The van der Waals surface area contributed by atoms with E-state index in [0.717, 1.165) is 0 Å². The molecule has 12 heteroatoms. The maximum atomic E-state index is 13.3. The highest BCUT2D eigenvalue weighted by molar-refractivity contribution is 7.89. The van der Waals surface area contributed by atoms with Crippen LogP contribution in [0.1, 0.15) is 24.8 Å². The van der Waals surface area contributed by atoms with Gasteiger partial charge in [-0.2, -0.15) is 4.31 Å². The highest BCUT2D eigenvalue weighted by Crippen LogP contribution is 2.31. The van der Waals surface area contributed by atoms with Gasteiger partial charge in [0.15, 0.2) is 5.03 Å². The van der Waals surface area contributed by atoms with E-state index in [2.05, 4.69) is 10.3 Å². The molecule has 1 amide bonds. The molecule has 4 atom stereocenters. The van der Waals surface area contributed by atoms with Gasteiger partial charge in [0.25, 0.3) is 10.0 Å². The molecule has 2 aliphatic heterocycles. The Hall–Kier alpha value is -2.38. The third kappa shape index (κ3) is 5.81. The standard InChI is InChI=1S/C22H29FN4O6S/c1-26-11-22(25-14-26)34(30,31)27-10-17(28)12-32-13-20-19(27)6-5-18(33-20)8-21(29)24-9-15-3-2-4-16(23)7-15/h2-4,7,11,14,17-20,28H,5-6,8-10,12-13H2,1H3,(H,24,29)/t17-,18+,19+,20-/m1/s1. The number of carbonyl (C=O) groups is 1. The average molecular weight is 497 g/mol. The summed E-state index contributed by atoms with van der Waals surface area (Å²) in [7, 11) is -2.29. The van der Waals surface area contributed by atoms with Crippen molar-refractivity contribution in [2.24, 2.45) is 7.05 Å².